The van der Waals surface area contributed by atoms with Gasteiger partial charge in [-0.3, -0.25) is 9.59 Å². The molecule has 0 radical (unpaired) electrons. The van der Waals surface area contributed by atoms with Crippen LogP contribution in [0.4, 0.5) is 5.69 Å². The number of nitrogens with one attached hydrogen (secondary N) is 1. The van der Waals surface area contributed by atoms with Crippen molar-refractivity contribution in [1.29, 1.82) is 0 Å². The summed E-state index contributed by atoms with van der Waals surface area (Å²) in [4.78, 5) is 34.5. The van der Waals surface area contributed by atoms with Crippen molar-refractivity contribution in [2.24, 2.45) is 0 Å². The molecule has 1 heterocycles. The number of anilines is 1. The van der Waals surface area contributed by atoms with Crippen LogP contribution in [-0.4, -0.2) is 47.0 Å². The second kappa shape index (κ2) is 9.50. The Balaban J connectivity index is 1.92. The molecule has 0 bridgehead atoms. The number of benzene rings is 1. The number of aromatic nitrogens is 2. The third kappa shape index (κ3) is 6.06. The number of amides is 2. The van der Waals surface area contributed by atoms with Gasteiger partial charge in [-0.2, -0.15) is 0 Å². The van der Waals surface area contributed by atoms with E-state index in [1.165, 1.54) is 11.8 Å². The van der Waals surface area contributed by atoms with Crippen molar-refractivity contribution in [3.05, 3.63) is 46.8 Å². The summed E-state index contributed by atoms with van der Waals surface area (Å²) in [6, 6.07) is 7.37. The molecule has 0 aliphatic rings. The molecule has 27 heavy (non-hydrogen) atoms. The van der Waals surface area contributed by atoms with Crippen LogP contribution < -0.4 is 5.32 Å². The summed E-state index contributed by atoms with van der Waals surface area (Å²) in [6.07, 6.45) is 3.27. The van der Waals surface area contributed by atoms with Gasteiger partial charge in [0, 0.05) is 37.6 Å². The molecule has 0 aliphatic carbocycles. The maximum atomic E-state index is 12.3. The Labute approximate surface area is 164 Å². The molecule has 0 saturated heterocycles. The fourth-order valence-corrected chi connectivity index (χ4v) is 3.12. The normalized spacial score (nSPS) is 10.6. The highest BCUT2D eigenvalue weighted by molar-refractivity contribution is 7.98. The molecule has 1 aromatic carbocycles. The zero-order valence-electron chi connectivity index (χ0n) is 16.5. The first kappa shape index (κ1) is 20.9. The van der Waals surface area contributed by atoms with Crippen LogP contribution in [0.5, 0.6) is 0 Å². The average Bonchev–Trinajstić information content (AvgIpc) is 2.62. The second-order valence-electron chi connectivity index (χ2n) is 6.57. The lowest BCUT2D eigenvalue weighted by molar-refractivity contribution is -0.128. The van der Waals surface area contributed by atoms with E-state index in [9.17, 15) is 9.59 Å². The minimum atomic E-state index is -0.0557. The predicted octanol–water partition coefficient (Wildman–Crippen LogP) is 3.02. The largest absolute Gasteiger partial charge is 0.349 e. The zero-order chi connectivity index (χ0) is 20.0. The predicted molar refractivity (Wildman–Crippen MR) is 109 cm³/mol. The Hall–Kier alpha value is -2.41. The summed E-state index contributed by atoms with van der Waals surface area (Å²) < 4.78 is 0. The first-order valence-electron chi connectivity index (χ1n) is 8.77. The minimum absolute atomic E-state index is 0.0484. The molecule has 2 amide bonds. The highest BCUT2D eigenvalue weighted by atomic mass is 32.2. The fourth-order valence-electron chi connectivity index (χ4n) is 2.66. The fraction of sp³-hybridized carbons (Fsp3) is 0.400. The van der Waals surface area contributed by atoms with Gasteiger partial charge in [0.25, 0.3) is 0 Å². The summed E-state index contributed by atoms with van der Waals surface area (Å²) >= 11 is 1.51. The van der Waals surface area contributed by atoms with E-state index < -0.39 is 0 Å². The smallest absolute Gasteiger partial charge is 0.226 e. The van der Waals surface area contributed by atoms with Gasteiger partial charge < -0.3 is 10.2 Å². The topological polar surface area (TPSA) is 75.2 Å². The number of hydrogen-bond donors (Lipinski definition) is 1. The lowest BCUT2D eigenvalue weighted by Gasteiger charge is -2.11. The second-order valence-corrected chi connectivity index (χ2v) is 7.34. The SMILES string of the molecule is CSc1nc(C)c(CCC(=O)Nc2ccc(CC(=O)N(C)C)cc2)c(C)n1. The molecule has 7 heteroatoms. The Bertz CT molecular complexity index is 796. The maximum absolute atomic E-state index is 12.3. The summed E-state index contributed by atoms with van der Waals surface area (Å²) in [6.45, 7) is 3.91. The maximum Gasteiger partial charge on any atom is 0.226 e. The Morgan fingerprint density at radius 3 is 2.19 bits per heavy atom. The molecular weight excluding hydrogens is 360 g/mol. The Morgan fingerprint density at radius 1 is 1.07 bits per heavy atom. The summed E-state index contributed by atoms with van der Waals surface area (Å²) in [5.74, 6) is -0.00732. The summed E-state index contributed by atoms with van der Waals surface area (Å²) in [5, 5.41) is 3.65. The molecule has 1 N–H and O–H groups in total. The van der Waals surface area contributed by atoms with Gasteiger partial charge in [0.05, 0.1) is 6.42 Å². The number of thioether (sulfide) groups is 1. The van der Waals surface area contributed by atoms with Crippen LogP contribution >= 0.6 is 11.8 Å². The van der Waals surface area contributed by atoms with E-state index in [1.54, 1.807) is 19.0 Å². The van der Waals surface area contributed by atoms with Gasteiger partial charge in [-0.1, -0.05) is 23.9 Å². The lowest BCUT2D eigenvalue weighted by Crippen LogP contribution is -2.23. The Morgan fingerprint density at radius 2 is 1.67 bits per heavy atom. The molecule has 2 aromatic rings. The zero-order valence-corrected chi connectivity index (χ0v) is 17.3. The number of likely N-dealkylation sites (N-methyl/N-ethyl adjacent to an activating group) is 1. The van der Waals surface area contributed by atoms with Gasteiger partial charge in [-0.05, 0) is 49.8 Å². The van der Waals surface area contributed by atoms with Crippen LogP contribution in [-0.2, 0) is 22.4 Å². The van der Waals surface area contributed by atoms with Crippen LogP contribution in [0.25, 0.3) is 0 Å². The molecule has 1 aromatic heterocycles. The molecule has 0 saturated carbocycles. The summed E-state index contributed by atoms with van der Waals surface area (Å²) in [7, 11) is 3.47. The highest BCUT2D eigenvalue weighted by Crippen LogP contribution is 2.18. The molecule has 0 unspecified atom stereocenters. The van der Waals surface area contributed by atoms with E-state index in [1.807, 2.05) is 44.4 Å². The van der Waals surface area contributed by atoms with E-state index >= 15 is 0 Å². The third-order valence-electron chi connectivity index (χ3n) is 4.28. The van der Waals surface area contributed by atoms with E-state index in [-0.39, 0.29) is 11.8 Å². The van der Waals surface area contributed by atoms with E-state index in [0.29, 0.717) is 19.3 Å². The monoisotopic (exact) mass is 386 g/mol. The van der Waals surface area contributed by atoms with E-state index in [4.69, 9.17) is 0 Å². The Kier molecular flexibility index (Phi) is 7.36. The van der Waals surface area contributed by atoms with Crippen molar-refractivity contribution in [2.75, 3.05) is 25.7 Å². The van der Waals surface area contributed by atoms with Gasteiger partial charge in [-0.15, -0.1) is 0 Å². The molecule has 0 atom stereocenters. The van der Waals surface area contributed by atoms with E-state index in [2.05, 4.69) is 15.3 Å². The quantitative estimate of drug-likeness (QED) is 0.585. The highest BCUT2D eigenvalue weighted by Gasteiger charge is 2.11. The van der Waals surface area contributed by atoms with Crippen molar-refractivity contribution in [3.8, 4) is 0 Å². The van der Waals surface area contributed by atoms with Crippen LogP contribution in [0.1, 0.15) is 28.9 Å². The molecule has 0 spiro atoms. The van der Waals surface area contributed by atoms with Crippen molar-refractivity contribution in [1.82, 2.24) is 14.9 Å². The van der Waals surface area contributed by atoms with Crippen molar-refractivity contribution in [2.45, 2.75) is 38.3 Å². The number of nitrogens with zero attached hydrogens (tertiary/aromatic N) is 3. The number of hydrogen-bond acceptors (Lipinski definition) is 5. The number of carbonyl (C=O) groups excluding carboxylic acids is 2. The van der Waals surface area contributed by atoms with Crippen LogP contribution in [0.15, 0.2) is 29.4 Å². The number of rotatable bonds is 7. The number of carbonyl (C=O) groups is 2. The van der Waals surface area contributed by atoms with Gasteiger partial charge in [0.15, 0.2) is 5.16 Å². The van der Waals surface area contributed by atoms with Gasteiger partial charge >= 0.3 is 0 Å². The van der Waals surface area contributed by atoms with Crippen molar-refractivity contribution in [3.63, 3.8) is 0 Å². The van der Waals surface area contributed by atoms with E-state index in [0.717, 1.165) is 33.4 Å². The van der Waals surface area contributed by atoms with Crippen molar-refractivity contribution < 1.29 is 9.59 Å². The van der Waals surface area contributed by atoms with Crippen LogP contribution in [0.2, 0.25) is 0 Å². The molecule has 6 nitrogen and oxygen atoms in total. The summed E-state index contributed by atoms with van der Waals surface area (Å²) in [5.41, 5.74) is 4.53. The minimum Gasteiger partial charge on any atom is -0.349 e. The third-order valence-corrected chi connectivity index (χ3v) is 4.82. The molecule has 0 fully saturated rings. The van der Waals surface area contributed by atoms with Gasteiger partial charge in [0.1, 0.15) is 0 Å². The van der Waals surface area contributed by atoms with Gasteiger partial charge in [-0.25, -0.2) is 9.97 Å². The van der Waals surface area contributed by atoms with Crippen LogP contribution in [0.3, 0.4) is 0 Å². The average molecular weight is 387 g/mol. The standard InChI is InChI=1S/C20H26N4O2S/c1-13-17(14(2)22-20(21-13)27-5)10-11-18(25)23-16-8-6-15(7-9-16)12-19(26)24(3)4/h6-9H,10-12H2,1-5H3,(H,23,25). The molecule has 2 rings (SSSR count). The molecule has 144 valence electrons. The van der Waals surface area contributed by atoms with Crippen LogP contribution in [0, 0.1) is 13.8 Å². The first-order valence-corrected chi connectivity index (χ1v) is 9.99. The molecular formula is C20H26N4O2S. The first-order chi connectivity index (χ1) is 12.8. The van der Waals surface area contributed by atoms with Gasteiger partial charge in [0.2, 0.25) is 11.8 Å². The van der Waals surface area contributed by atoms with Crippen molar-refractivity contribution >= 4 is 29.3 Å². The molecule has 0 aliphatic heterocycles. The lowest BCUT2D eigenvalue weighted by atomic mass is 10.1. The number of aryl methyl sites for hydroxylation is 2.